The lowest BCUT2D eigenvalue weighted by Crippen LogP contribution is -2.27. The van der Waals surface area contributed by atoms with E-state index in [9.17, 15) is 4.79 Å². The number of allylic oxidation sites excluding steroid dienone is 6. The molecular formula is C42H76O. The number of carbonyl (C=O) groups excluding carboxylic acids is 1. The first-order valence-corrected chi connectivity index (χ1v) is 19.7. The lowest BCUT2D eigenvalue weighted by Gasteiger charge is -2.37. The molecule has 0 atom stereocenters. The van der Waals surface area contributed by atoms with Gasteiger partial charge in [-0.2, -0.15) is 0 Å². The van der Waals surface area contributed by atoms with Crippen LogP contribution in [0.3, 0.4) is 0 Å². The van der Waals surface area contributed by atoms with E-state index in [0.29, 0.717) is 11.2 Å². The van der Waals surface area contributed by atoms with Crippen molar-refractivity contribution in [2.75, 3.05) is 0 Å². The van der Waals surface area contributed by atoms with Crippen molar-refractivity contribution < 1.29 is 4.79 Å². The van der Waals surface area contributed by atoms with Gasteiger partial charge in [0, 0.05) is 12.8 Å². The maximum absolute atomic E-state index is 12.0. The summed E-state index contributed by atoms with van der Waals surface area (Å²) in [4.78, 5) is 12.0. The third-order valence-corrected chi connectivity index (χ3v) is 9.99. The van der Waals surface area contributed by atoms with Gasteiger partial charge >= 0.3 is 0 Å². The summed E-state index contributed by atoms with van der Waals surface area (Å²) in [5.41, 5.74) is 0.494. The molecule has 1 nitrogen and oxygen atoms in total. The molecule has 43 heavy (non-hydrogen) atoms. The smallest absolute Gasteiger partial charge is 0.132 e. The fraction of sp³-hybridized carbons (Fsp3) is 0.833. The van der Waals surface area contributed by atoms with Crippen LogP contribution in [0, 0.1) is 5.41 Å². The molecule has 1 aliphatic carbocycles. The van der Waals surface area contributed by atoms with Gasteiger partial charge in [0.15, 0.2) is 0 Å². The Labute approximate surface area is 271 Å². The molecule has 0 aliphatic heterocycles. The second-order valence-corrected chi connectivity index (χ2v) is 14.1. The predicted octanol–water partition coefficient (Wildman–Crippen LogP) is 14.7. The molecule has 0 saturated heterocycles. The molecule has 0 amide bonds. The molecule has 0 bridgehead atoms. The van der Waals surface area contributed by atoms with Gasteiger partial charge in [0.05, 0.1) is 0 Å². The van der Waals surface area contributed by atoms with Crippen molar-refractivity contribution in [3.05, 3.63) is 36.5 Å². The topological polar surface area (TPSA) is 17.1 Å². The molecule has 0 spiro atoms. The minimum absolute atomic E-state index is 0.494. The van der Waals surface area contributed by atoms with Crippen LogP contribution in [0.1, 0.15) is 219 Å². The molecule has 0 heterocycles. The average molecular weight is 597 g/mol. The quantitative estimate of drug-likeness (QED) is 0.0574. The van der Waals surface area contributed by atoms with E-state index in [2.05, 4.69) is 50.3 Å². The Kier molecular flexibility index (Phi) is 28.7. The number of carbonyl (C=O) groups is 1. The molecule has 0 aromatic rings. The number of hydrogen-bond acceptors (Lipinski definition) is 1. The second-order valence-electron chi connectivity index (χ2n) is 14.1. The summed E-state index contributed by atoms with van der Waals surface area (Å²) in [6.45, 7) is 4.55. The molecular weight excluding hydrogens is 520 g/mol. The van der Waals surface area contributed by atoms with Crippen molar-refractivity contribution >= 4 is 5.78 Å². The SMILES string of the molecule is CCCCC/C=C\C/C=C\CCCCCCCCC1(CCCCCCCCCCC/C=C\CCCCC)CCC(=O)CC1. The Bertz CT molecular complexity index is 673. The summed E-state index contributed by atoms with van der Waals surface area (Å²) in [5.74, 6) is 0.524. The van der Waals surface area contributed by atoms with E-state index < -0.39 is 0 Å². The molecule has 0 aromatic heterocycles. The Morgan fingerprint density at radius 1 is 0.442 bits per heavy atom. The molecule has 250 valence electrons. The molecule has 1 saturated carbocycles. The number of rotatable bonds is 31. The third kappa shape index (κ3) is 25.9. The Morgan fingerprint density at radius 3 is 1.16 bits per heavy atom. The highest BCUT2D eigenvalue weighted by Crippen LogP contribution is 2.44. The van der Waals surface area contributed by atoms with Crippen LogP contribution in [0.25, 0.3) is 0 Å². The van der Waals surface area contributed by atoms with Crippen molar-refractivity contribution in [2.24, 2.45) is 5.41 Å². The Hall–Kier alpha value is -1.11. The van der Waals surface area contributed by atoms with Crippen LogP contribution in [0.15, 0.2) is 36.5 Å². The zero-order chi connectivity index (χ0) is 30.9. The van der Waals surface area contributed by atoms with Crippen LogP contribution in [0.4, 0.5) is 0 Å². The van der Waals surface area contributed by atoms with E-state index in [1.807, 2.05) is 0 Å². The Morgan fingerprint density at radius 2 is 0.767 bits per heavy atom. The fourth-order valence-corrected chi connectivity index (χ4v) is 6.92. The van der Waals surface area contributed by atoms with E-state index in [4.69, 9.17) is 0 Å². The molecule has 0 aromatic carbocycles. The summed E-state index contributed by atoms with van der Waals surface area (Å²) in [6, 6.07) is 0. The van der Waals surface area contributed by atoms with Gasteiger partial charge in [-0.25, -0.2) is 0 Å². The first kappa shape index (κ1) is 39.9. The normalized spacial score (nSPS) is 15.5. The zero-order valence-electron chi connectivity index (χ0n) is 29.5. The van der Waals surface area contributed by atoms with E-state index >= 15 is 0 Å². The van der Waals surface area contributed by atoms with Crippen LogP contribution in [0.2, 0.25) is 0 Å². The Balaban J connectivity index is 2.01. The number of ketones is 1. The van der Waals surface area contributed by atoms with Gasteiger partial charge in [0.25, 0.3) is 0 Å². The van der Waals surface area contributed by atoms with Gasteiger partial charge in [-0.15, -0.1) is 0 Å². The van der Waals surface area contributed by atoms with Crippen molar-refractivity contribution in [1.29, 1.82) is 0 Å². The van der Waals surface area contributed by atoms with Gasteiger partial charge in [-0.1, -0.05) is 159 Å². The van der Waals surface area contributed by atoms with Crippen molar-refractivity contribution in [3.63, 3.8) is 0 Å². The van der Waals surface area contributed by atoms with Crippen LogP contribution in [0.5, 0.6) is 0 Å². The number of unbranched alkanes of at least 4 members (excludes halogenated alkanes) is 21. The maximum atomic E-state index is 12.0. The summed E-state index contributed by atoms with van der Waals surface area (Å²) in [6.07, 6.45) is 56.4. The molecule has 1 rings (SSSR count). The van der Waals surface area contributed by atoms with E-state index in [1.165, 1.54) is 186 Å². The van der Waals surface area contributed by atoms with Crippen molar-refractivity contribution in [3.8, 4) is 0 Å². The first-order valence-electron chi connectivity index (χ1n) is 19.7. The van der Waals surface area contributed by atoms with Crippen LogP contribution in [-0.2, 0) is 4.79 Å². The van der Waals surface area contributed by atoms with Gasteiger partial charge in [-0.3, -0.25) is 4.79 Å². The standard InChI is InChI=1S/C42H76O/c1-3-5-7-9-11-13-15-17-19-21-23-25-27-29-31-33-37-42(39-35-41(43)36-40-42)38-34-32-30-28-26-24-22-20-18-16-14-12-10-8-6-4-2/h11-14,17,19H,3-10,15-16,18,20-40H2,1-2H3/b13-11-,14-12-,19-17-. The lowest BCUT2D eigenvalue weighted by atomic mass is 9.67. The minimum atomic E-state index is 0.494. The molecule has 1 heteroatoms. The highest BCUT2D eigenvalue weighted by Gasteiger charge is 2.33. The molecule has 1 fully saturated rings. The third-order valence-electron chi connectivity index (χ3n) is 9.99. The number of hydrogen-bond donors (Lipinski definition) is 0. The molecule has 0 N–H and O–H groups in total. The van der Waals surface area contributed by atoms with Crippen LogP contribution < -0.4 is 0 Å². The molecule has 1 aliphatic rings. The second kappa shape index (κ2) is 30.9. The van der Waals surface area contributed by atoms with Gasteiger partial charge in [-0.05, 0) is 88.9 Å². The van der Waals surface area contributed by atoms with Crippen LogP contribution in [-0.4, -0.2) is 5.78 Å². The monoisotopic (exact) mass is 597 g/mol. The molecule has 0 unspecified atom stereocenters. The summed E-state index contributed by atoms with van der Waals surface area (Å²) < 4.78 is 0. The summed E-state index contributed by atoms with van der Waals surface area (Å²) >= 11 is 0. The summed E-state index contributed by atoms with van der Waals surface area (Å²) in [7, 11) is 0. The summed E-state index contributed by atoms with van der Waals surface area (Å²) in [5, 5.41) is 0. The van der Waals surface area contributed by atoms with E-state index in [0.717, 1.165) is 19.3 Å². The average Bonchev–Trinajstić information content (AvgIpc) is 3.02. The van der Waals surface area contributed by atoms with Gasteiger partial charge in [0.1, 0.15) is 5.78 Å². The van der Waals surface area contributed by atoms with E-state index in [1.54, 1.807) is 0 Å². The van der Waals surface area contributed by atoms with Crippen molar-refractivity contribution in [2.45, 2.75) is 219 Å². The molecule has 0 radical (unpaired) electrons. The number of Topliss-reactive ketones (excluding diaryl/α,β-unsaturated/α-hetero) is 1. The first-order chi connectivity index (χ1) is 21.2. The lowest BCUT2D eigenvalue weighted by molar-refractivity contribution is -0.122. The van der Waals surface area contributed by atoms with Crippen LogP contribution >= 0.6 is 0 Å². The van der Waals surface area contributed by atoms with Gasteiger partial charge in [0.2, 0.25) is 0 Å². The highest BCUT2D eigenvalue weighted by atomic mass is 16.1. The van der Waals surface area contributed by atoms with Gasteiger partial charge < -0.3 is 0 Å². The largest absolute Gasteiger partial charge is 0.300 e. The maximum Gasteiger partial charge on any atom is 0.132 e. The fourth-order valence-electron chi connectivity index (χ4n) is 6.92. The predicted molar refractivity (Wildman–Crippen MR) is 194 cm³/mol. The highest BCUT2D eigenvalue weighted by molar-refractivity contribution is 5.79. The van der Waals surface area contributed by atoms with Crippen molar-refractivity contribution in [1.82, 2.24) is 0 Å². The van der Waals surface area contributed by atoms with E-state index in [-0.39, 0.29) is 0 Å². The minimum Gasteiger partial charge on any atom is -0.300 e. The zero-order valence-corrected chi connectivity index (χ0v) is 29.5.